The number of likely N-dealkylation sites (tertiary alicyclic amines) is 1. The van der Waals surface area contributed by atoms with Gasteiger partial charge in [-0.2, -0.15) is 0 Å². The van der Waals surface area contributed by atoms with Crippen LogP contribution in [0.25, 0.3) is 0 Å². The van der Waals surface area contributed by atoms with E-state index in [4.69, 9.17) is 4.74 Å². The van der Waals surface area contributed by atoms with Crippen LogP contribution in [0.1, 0.15) is 36.8 Å². The summed E-state index contributed by atoms with van der Waals surface area (Å²) in [7, 11) is 1.58. The van der Waals surface area contributed by atoms with Gasteiger partial charge in [0.25, 0.3) is 5.56 Å². The molecule has 0 saturated carbocycles. The molecule has 1 amide bonds. The molecule has 104 valence electrons. The molecule has 1 saturated heterocycles. The number of H-pyrrole nitrogens is 1. The SMILES string of the molecule is COCCC(=O)N1CCC[C@H]1c1nc(C)cc(=O)[nH]1. The van der Waals surface area contributed by atoms with Gasteiger partial charge in [-0.25, -0.2) is 4.98 Å². The minimum atomic E-state index is -0.168. The van der Waals surface area contributed by atoms with Crippen molar-refractivity contribution in [3.05, 3.63) is 27.9 Å². The molecule has 0 bridgehead atoms. The summed E-state index contributed by atoms with van der Waals surface area (Å²) in [5, 5.41) is 0. The predicted molar refractivity (Wildman–Crippen MR) is 69.8 cm³/mol. The standard InChI is InChI=1S/C13H19N3O3/c1-9-8-11(17)15-13(14-9)10-4-3-6-16(10)12(18)5-7-19-2/h8,10H,3-7H2,1-2H3,(H,14,15,17)/t10-/m0/s1. The van der Waals surface area contributed by atoms with Crippen LogP contribution in [0, 0.1) is 6.92 Å². The van der Waals surface area contributed by atoms with E-state index in [2.05, 4.69) is 9.97 Å². The van der Waals surface area contributed by atoms with Crippen LogP contribution in [0.3, 0.4) is 0 Å². The summed E-state index contributed by atoms with van der Waals surface area (Å²) in [6.45, 7) is 2.91. The molecule has 2 heterocycles. The van der Waals surface area contributed by atoms with E-state index in [1.165, 1.54) is 6.07 Å². The fourth-order valence-electron chi connectivity index (χ4n) is 2.44. The molecule has 0 aromatic carbocycles. The zero-order valence-electron chi connectivity index (χ0n) is 11.3. The van der Waals surface area contributed by atoms with Crippen molar-refractivity contribution < 1.29 is 9.53 Å². The molecular formula is C13H19N3O3. The zero-order valence-corrected chi connectivity index (χ0v) is 11.3. The van der Waals surface area contributed by atoms with Crippen LogP contribution in [0.2, 0.25) is 0 Å². The van der Waals surface area contributed by atoms with Crippen LogP contribution in [-0.4, -0.2) is 41.0 Å². The van der Waals surface area contributed by atoms with Crippen molar-refractivity contribution >= 4 is 5.91 Å². The highest BCUT2D eigenvalue weighted by molar-refractivity contribution is 5.77. The molecule has 0 aliphatic carbocycles. The average molecular weight is 265 g/mol. The Hall–Kier alpha value is -1.69. The molecule has 0 radical (unpaired) electrons. The highest BCUT2D eigenvalue weighted by Crippen LogP contribution is 2.29. The molecular weight excluding hydrogens is 246 g/mol. The highest BCUT2D eigenvalue weighted by Gasteiger charge is 2.31. The van der Waals surface area contributed by atoms with Gasteiger partial charge in [0, 0.05) is 25.4 Å². The number of carbonyl (C=O) groups is 1. The van der Waals surface area contributed by atoms with E-state index in [-0.39, 0.29) is 17.5 Å². The molecule has 1 aromatic rings. The topological polar surface area (TPSA) is 75.3 Å². The second-order valence-corrected chi connectivity index (χ2v) is 4.76. The molecule has 6 nitrogen and oxygen atoms in total. The normalized spacial score (nSPS) is 18.8. The first-order valence-corrected chi connectivity index (χ1v) is 6.48. The van der Waals surface area contributed by atoms with E-state index in [1.54, 1.807) is 18.9 Å². The quantitative estimate of drug-likeness (QED) is 0.873. The Labute approximate surface area is 111 Å². The van der Waals surface area contributed by atoms with Crippen molar-refractivity contribution in [1.82, 2.24) is 14.9 Å². The monoisotopic (exact) mass is 265 g/mol. The number of hydrogen-bond donors (Lipinski definition) is 1. The molecule has 1 aliphatic rings. The van der Waals surface area contributed by atoms with Gasteiger partial charge in [0.1, 0.15) is 5.82 Å². The maximum Gasteiger partial charge on any atom is 0.251 e. The average Bonchev–Trinajstić information content (AvgIpc) is 2.84. The van der Waals surface area contributed by atoms with Crippen LogP contribution < -0.4 is 5.56 Å². The van der Waals surface area contributed by atoms with Crippen LogP contribution in [-0.2, 0) is 9.53 Å². The Balaban J connectivity index is 2.18. The molecule has 2 rings (SSSR count). The van der Waals surface area contributed by atoms with E-state index in [1.807, 2.05) is 0 Å². The number of aromatic amines is 1. The Morgan fingerprint density at radius 1 is 1.63 bits per heavy atom. The third kappa shape index (κ3) is 3.20. The van der Waals surface area contributed by atoms with Gasteiger partial charge in [-0.05, 0) is 19.8 Å². The fourth-order valence-corrected chi connectivity index (χ4v) is 2.44. The number of carbonyl (C=O) groups excluding carboxylic acids is 1. The van der Waals surface area contributed by atoms with Crippen molar-refractivity contribution in [3.8, 4) is 0 Å². The van der Waals surface area contributed by atoms with Crippen molar-refractivity contribution in [2.75, 3.05) is 20.3 Å². The van der Waals surface area contributed by atoms with Crippen molar-refractivity contribution in [2.24, 2.45) is 0 Å². The first kappa shape index (κ1) is 13.7. The zero-order chi connectivity index (χ0) is 13.8. The van der Waals surface area contributed by atoms with E-state index < -0.39 is 0 Å². The Kier molecular flexibility index (Phi) is 4.31. The minimum Gasteiger partial charge on any atom is -0.384 e. The van der Waals surface area contributed by atoms with Gasteiger partial charge in [-0.15, -0.1) is 0 Å². The number of aryl methyl sites for hydroxylation is 1. The number of methoxy groups -OCH3 is 1. The van der Waals surface area contributed by atoms with Crippen LogP contribution in [0.5, 0.6) is 0 Å². The summed E-state index contributed by atoms with van der Waals surface area (Å²) >= 11 is 0. The summed E-state index contributed by atoms with van der Waals surface area (Å²) < 4.78 is 4.93. The summed E-state index contributed by atoms with van der Waals surface area (Å²) in [6, 6.07) is 1.34. The number of rotatable bonds is 4. The van der Waals surface area contributed by atoms with E-state index in [0.29, 0.717) is 31.1 Å². The van der Waals surface area contributed by atoms with Gasteiger partial charge < -0.3 is 14.6 Å². The number of nitrogens with one attached hydrogen (secondary N) is 1. The highest BCUT2D eigenvalue weighted by atomic mass is 16.5. The second kappa shape index (κ2) is 5.97. The second-order valence-electron chi connectivity index (χ2n) is 4.76. The molecule has 1 aromatic heterocycles. The summed E-state index contributed by atoms with van der Waals surface area (Å²) in [4.78, 5) is 32.5. The van der Waals surface area contributed by atoms with E-state index in [9.17, 15) is 9.59 Å². The number of ether oxygens (including phenoxy) is 1. The number of hydrogen-bond acceptors (Lipinski definition) is 4. The molecule has 1 N–H and O–H groups in total. The molecule has 6 heteroatoms. The molecule has 19 heavy (non-hydrogen) atoms. The lowest BCUT2D eigenvalue weighted by Crippen LogP contribution is -2.33. The van der Waals surface area contributed by atoms with Crippen LogP contribution >= 0.6 is 0 Å². The van der Waals surface area contributed by atoms with Crippen molar-refractivity contribution in [1.29, 1.82) is 0 Å². The van der Waals surface area contributed by atoms with Crippen LogP contribution in [0.4, 0.5) is 0 Å². The van der Waals surface area contributed by atoms with Crippen LogP contribution in [0.15, 0.2) is 10.9 Å². The lowest BCUT2D eigenvalue weighted by molar-refractivity contribution is -0.133. The van der Waals surface area contributed by atoms with Gasteiger partial charge in [0.2, 0.25) is 5.91 Å². The van der Waals surface area contributed by atoms with Crippen molar-refractivity contribution in [2.45, 2.75) is 32.2 Å². The summed E-state index contributed by atoms with van der Waals surface area (Å²) in [6.07, 6.45) is 2.13. The first-order chi connectivity index (χ1) is 9.11. The summed E-state index contributed by atoms with van der Waals surface area (Å²) in [5.41, 5.74) is 0.508. The van der Waals surface area contributed by atoms with Gasteiger partial charge >= 0.3 is 0 Å². The Morgan fingerprint density at radius 3 is 3.11 bits per heavy atom. The van der Waals surface area contributed by atoms with Gasteiger partial charge in [-0.1, -0.05) is 0 Å². The fraction of sp³-hybridized carbons (Fsp3) is 0.615. The molecule has 1 atom stereocenters. The first-order valence-electron chi connectivity index (χ1n) is 6.48. The third-order valence-electron chi connectivity index (χ3n) is 3.30. The summed E-state index contributed by atoms with van der Waals surface area (Å²) in [5.74, 6) is 0.641. The maximum absolute atomic E-state index is 12.1. The van der Waals surface area contributed by atoms with E-state index in [0.717, 1.165) is 12.8 Å². The van der Waals surface area contributed by atoms with Gasteiger partial charge in [0.15, 0.2) is 0 Å². The third-order valence-corrected chi connectivity index (χ3v) is 3.30. The molecule has 1 aliphatic heterocycles. The minimum absolute atomic E-state index is 0.0495. The Morgan fingerprint density at radius 2 is 2.42 bits per heavy atom. The lowest BCUT2D eigenvalue weighted by Gasteiger charge is -2.24. The number of nitrogens with zero attached hydrogens (tertiary/aromatic N) is 2. The molecule has 0 spiro atoms. The molecule has 0 unspecified atom stereocenters. The maximum atomic E-state index is 12.1. The Bertz CT molecular complexity index is 512. The predicted octanol–water partition coefficient (Wildman–Crippen LogP) is 0.778. The molecule has 1 fully saturated rings. The number of amides is 1. The largest absolute Gasteiger partial charge is 0.384 e. The lowest BCUT2D eigenvalue weighted by atomic mass is 10.2. The van der Waals surface area contributed by atoms with E-state index >= 15 is 0 Å². The van der Waals surface area contributed by atoms with Gasteiger partial charge in [-0.3, -0.25) is 9.59 Å². The van der Waals surface area contributed by atoms with Crippen molar-refractivity contribution in [3.63, 3.8) is 0 Å². The number of aromatic nitrogens is 2. The smallest absolute Gasteiger partial charge is 0.251 e. The van der Waals surface area contributed by atoms with Gasteiger partial charge in [0.05, 0.1) is 19.1 Å².